The molecule has 2 aliphatic carbocycles. The second kappa shape index (κ2) is 16.7. The van der Waals surface area contributed by atoms with Crippen LogP contribution >= 0.6 is 0 Å². The molecule has 0 saturated heterocycles. The molecule has 0 heterocycles. The van der Waals surface area contributed by atoms with E-state index < -0.39 is 0 Å². The first kappa shape index (κ1) is 27.9. The molecule has 0 amide bonds. The Bertz CT molecular complexity index is 528. The Hall–Kier alpha value is -1.11. The van der Waals surface area contributed by atoms with E-state index >= 15 is 0 Å². The quantitative estimate of drug-likeness (QED) is 0.315. The fourth-order valence-electron chi connectivity index (χ4n) is 2.15. The third-order valence-corrected chi connectivity index (χ3v) is 3.77. The summed E-state index contributed by atoms with van der Waals surface area (Å²) in [5, 5.41) is 0. The Morgan fingerprint density at radius 2 is 0.828 bits per heavy atom. The number of rotatable bonds is 0. The van der Waals surface area contributed by atoms with Gasteiger partial charge in [-0.1, -0.05) is 32.9 Å². The van der Waals surface area contributed by atoms with E-state index in [1.807, 2.05) is 92.8 Å². The largest absolute Gasteiger partial charge is 4.00 e. The summed E-state index contributed by atoms with van der Waals surface area (Å²) in [6.45, 7) is 14.1. The normalized spacial score (nSPS) is 15.4. The Morgan fingerprint density at radius 1 is 0.517 bits per heavy atom. The third kappa shape index (κ3) is 15.4. The van der Waals surface area contributed by atoms with Crippen LogP contribution in [0.5, 0.6) is 0 Å². The summed E-state index contributed by atoms with van der Waals surface area (Å²) in [4.78, 5) is 0. The van der Waals surface area contributed by atoms with E-state index in [0.29, 0.717) is 5.41 Å². The Morgan fingerprint density at radius 3 is 1.00 bits per heavy atom. The minimum absolute atomic E-state index is 0. The topological polar surface area (TPSA) is 0 Å². The first-order chi connectivity index (χ1) is 13.4. The SMILES string of the molecule is CC(C)(C)[C]1[CH][CH][CH][CH]1.[CH2-]c1ccccc1.[CH2-]c1ccccc1.[CH]1[CH][CH][CH][CH]1.[Ti+4]. The molecule has 2 aromatic carbocycles. The van der Waals surface area contributed by atoms with Crippen LogP contribution in [0.2, 0.25) is 0 Å². The van der Waals surface area contributed by atoms with Gasteiger partial charge in [-0.25, -0.2) is 0 Å². The minimum Gasteiger partial charge on any atom is -0.199 e. The van der Waals surface area contributed by atoms with Gasteiger partial charge in [-0.05, 0) is 69.1 Å². The van der Waals surface area contributed by atoms with Gasteiger partial charge in [0.25, 0.3) is 0 Å². The van der Waals surface area contributed by atoms with Gasteiger partial charge in [0.05, 0.1) is 0 Å². The van der Waals surface area contributed by atoms with Crippen LogP contribution in [0.15, 0.2) is 60.7 Å². The molecule has 0 aromatic heterocycles. The fraction of sp³-hybridized carbons (Fsp3) is 0.143. The van der Waals surface area contributed by atoms with Gasteiger partial charge in [-0.2, -0.15) is 49.2 Å². The van der Waals surface area contributed by atoms with E-state index in [-0.39, 0.29) is 21.7 Å². The average Bonchev–Trinajstić information content (AvgIpc) is 3.40. The first-order valence-corrected chi connectivity index (χ1v) is 9.52. The van der Waals surface area contributed by atoms with Gasteiger partial charge in [-0.3, -0.25) is 0 Å². The van der Waals surface area contributed by atoms with E-state index in [1.165, 1.54) is 5.92 Å². The summed E-state index contributed by atoms with van der Waals surface area (Å²) in [5.74, 6) is 1.42. The van der Waals surface area contributed by atoms with Crippen molar-refractivity contribution in [2.45, 2.75) is 20.8 Å². The van der Waals surface area contributed by atoms with Gasteiger partial charge in [0, 0.05) is 0 Å². The Labute approximate surface area is 196 Å². The molecule has 0 aliphatic heterocycles. The number of hydrogen-bond donors (Lipinski definition) is 0. The summed E-state index contributed by atoms with van der Waals surface area (Å²) >= 11 is 0. The molecule has 1 heteroatoms. The molecule has 0 nitrogen and oxygen atoms in total. The van der Waals surface area contributed by atoms with Crippen LogP contribution < -0.4 is 0 Å². The predicted molar refractivity (Wildman–Crippen MR) is 123 cm³/mol. The smallest absolute Gasteiger partial charge is 0.199 e. The molecule has 146 valence electrons. The van der Waals surface area contributed by atoms with Crippen molar-refractivity contribution in [3.8, 4) is 0 Å². The molecule has 2 aliphatic rings. The second-order valence-corrected chi connectivity index (χ2v) is 7.36. The molecule has 0 N–H and O–H groups in total. The van der Waals surface area contributed by atoms with Gasteiger partial charge in [0.2, 0.25) is 0 Å². The zero-order chi connectivity index (χ0) is 20.7. The summed E-state index contributed by atoms with van der Waals surface area (Å²) in [6, 6.07) is 19.7. The first-order valence-electron chi connectivity index (χ1n) is 9.52. The van der Waals surface area contributed by atoms with Crippen molar-refractivity contribution >= 4 is 0 Å². The molecule has 4 rings (SSSR count). The molecular formula is C28H32Ti+2. The van der Waals surface area contributed by atoms with Gasteiger partial charge in [-0.15, -0.1) is 24.3 Å². The maximum absolute atomic E-state index is 3.72. The summed E-state index contributed by atoms with van der Waals surface area (Å²) < 4.78 is 0. The van der Waals surface area contributed by atoms with Crippen molar-refractivity contribution in [2.75, 3.05) is 0 Å². The molecule has 2 fully saturated rings. The van der Waals surface area contributed by atoms with Crippen molar-refractivity contribution in [1.82, 2.24) is 0 Å². The minimum atomic E-state index is 0. The van der Waals surface area contributed by atoms with Crippen molar-refractivity contribution in [3.63, 3.8) is 0 Å². The van der Waals surface area contributed by atoms with Gasteiger partial charge >= 0.3 is 21.7 Å². The molecular weight excluding hydrogens is 384 g/mol. The Kier molecular flexibility index (Phi) is 16.0. The van der Waals surface area contributed by atoms with E-state index in [0.717, 1.165) is 11.1 Å². The van der Waals surface area contributed by atoms with Crippen LogP contribution in [0, 0.1) is 83.0 Å². The maximum atomic E-state index is 3.72. The molecule has 10 radical (unpaired) electrons. The summed E-state index contributed by atoms with van der Waals surface area (Å²) in [5.41, 5.74) is 2.47. The van der Waals surface area contributed by atoms with Crippen LogP contribution in [0.1, 0.15) is 31.9 Å². The molecule has 29 heavy (non-hydrogen) atoms. The van der Waals surface area contributed by atoms with Crippen LogP contribution in [0.25, 0.3) is 0 Å². The van der Waals surface area contributed by atoms with Crippen molar-refractivity contribution in [2.24, 2.45) is 5.41 Å². The zero-order valence-corrected chi connectivity index (χ0v) is 19.4. The van der Waals surface area contributed by atoms with Gasteiger partial charge in [0.1, 0.15) is 0 Å². The number of benzene rings is 2. The summed E-state index contributed by atoms with van der Waals surface area (Å²) in [7, 11) is 0. The summed E-state index contributed by atoms with van der Waals surface area (Å²) in [6.07, 6.45) is 18.5. The van der Waals surface area contributed by atoms with Gasteiger partial charge < -0.3 is 0 Å². The predicted octanol–water partition coefficient (Wildman–Crippen LogP) is 7.19. The molecule has 0 unspecified atom stereocenters. The van der Waals surface area contributed by atoms with E-state index in [2.05, 4.69) is 60.3 Å². The van der Waals surface area contributed by atoms with Crippen LogP contribution in [-0.4, -0.2) is 0 Å². The fourth-order valence-corrected chi connectivity index (χ4v) is 2.15. The van der Waals surface area contributed by atoms with Gasteiger partial charge in [0.15, 0.2) is 0 Å². The maximum Gasteiger partial charge on any atom is 4.00 e. The van der Waals surface area contributed by atoms with E-state index in [4.69, 9.17) is 0 Å². The Balaban J connectivity index is 0.000000363. The monoisotopic (exact) mass is 416 g/mol. The van der Waals surface area contributed by atoms with Crippen LogP contribution in [0.4, 0.5) is 0 Å². The molecule has 0 bridgehead atoms. The van der Waals surface area contributed by atoms with Crippen molar-refractivity contribution in [3.05, 3.63) is 149 Å². The molecule has 0 spiro atoms. The average molecular weight is 416 g/mol. The van der Waals surface area contributed by atoms with Crippen LogP contribution in [0.3, 0.4) is 0 Å². The zero-order valence-electron chi connectivity index (χ0n) is 17.9. The molecule has 2 aromatic rings. The third-order valence-electron chi connectivity index (χ3n) is 3.77. The molecule has 0 atom stereocenters. The number of hydrogen-bond acceptors (Lipinski definition) is 0. The van der Waals surface area contributed by atoms with E-state index in [9.17, 15) is 0 Å². The van der Waals surface area contributed by atoms with Crippen LogP contribution in [-0.2, 0) is 21.7 Å². The van der Waals surface area contributed by atoms with Crippen molar-refractivity contribution in [1.29, 1.82) is 0 Å². The molecule has 2 saturated carbocycles. The van der Waals surface area contributed by atoms with Crippen molar-refractivity contribution < 1.29 is 21.7 Å². The van der Waals surface area contributed by atoms with E-state index in [1.54, 1.807) is 0 Å². The second-order valence-electron chi connectivity index (χ2n) is 7.36. The standard InChI is InChI=1S/C9H13.2C7H7.C5H5.Ti/c1-9(2,3)8-6-4-5-7-8;2*1-7-5-3-2-4-6-7;1-2-4-5-3-1;/h4-7H,1-3H3;2*2-6H,1H2;1-5H;/q;2*-1;;+4.